The normalized spacial score (nSPS) is 38.3. The third kappa shape index (κ3) is 4.55. The molecule has 204 valence electrons. The highest BCUT2D eigenvalue weighted by Gasteiger charge is 2.69. The van der Waals surface area contributed by atoms with Crippen molar-refractivity contribution < 1.29 is 14.6 Å². The van der Waals surface area contributed by atoms with Crippen LogP contribution in [0.4, 0.5) is 0 Å². The molecule has 3 heterocycles. The van der Waals surface area contributed by atoms with Gasteiger partial charge in [0.05, 0.1) is 11.6 Å². The quantitative estimate of drug-likeness (QED) is 0.282. The first-order chi connectivity index (χ1) is 17.7. The fourth-order valence-corrected chi connectivity index (χ4v) is 8.88. The van der Waals surface area contributed by atoms with Crippen molar-refractivity contribution >= 4 is 11.7 Å². The average molecular weight is 510 g/mol. The number of allylic oxidation sites excluding steroid dienone is 2. The first-order valence-electron chi connectivity index (χ1n) is 15.2. The predicted octanol–water partition coefficient (Wildman–Crippen LogP) is 6.67. The Kier molecular flexibility index (Phi) is 6.49. The lowest BCUT2D eigenvalue weighted by Gasteiger charge is -2.42. The largest absolute Gasteiger partial charge is 0.512 e. The van der Waals surface area contributed by atoms with Crippen molar-refractivity contribution in [3.05, 3.63) is 23.1 Å². The number of fused-ring (bicyclic) bond motifs is 3. The van der Waals surface area contributed by atoms with E-state index in [1.54, 1.807) is 0 Å². The zero-order valence-electron chi connectivity index (χ0n) is 23.3. The number of rotatable bonds is 8. The van der Waals surface area contributed by atoms with Crippen LogP contribution in [0.2, 0.25) is 0 Å². The molecular weight excluding hydrogens is 462 g/mol. The molecule has 6 heteroatoms. The lowest BCUT2D eigenvalue weighted by molar-refractivity contribution is -0.168. The molecular formula is C31H47N3O3. The third-order valence-electron chi connectivity index (χ3n) is 10.6. The molecule has 6 rings (SSSR count). The Balaban J connectivity index is 1.15. The van der Waals surface area contributed by atoms with Crippen LogP contribution >= 0.6 is 0 Å². The third-order valence-corrected chi connectivity index (χ3v) is 10.6. The minimum Gasteiger partial charge on any atom is -0.512 e. The first kappa shape index (κ1) is 25.5. The summed E-state index contributed by atoms with van der Waals surface area (Å²) in [7, 11) is 0. The zero-order chi connectivity index (χ0) is 25.8. The predicted molar refractivity (Wildman–Crippen MR) is 146 cm³/mol. The van der Waals surface area contributed by atoms with Gasteiger partial charge >= 0.3 is 5.97 Å². The average Bonchev–Trinajstić information content (AvgIpc) is 3.19. The number of hydrogen-bond acceptors (Lipinski definition) is 6. The molecule has 4 fully saturated rings. The Bertz CT molecular complexity index is 1020. The van der Waals surface area contributed by atoms with Gasteiger partial charge in [0.25, 0.3) is 0 Å². The van der Waals surface area contributed by atoms with Gasteiger partial charge in [0.15, 0.2) is 5.79 Å². The molecule has 0 bridgehead atoms. The summed E-state index contributed by atoms with van der Waals surface area (Å²) in [6.45, 7) is 6.30. The minimum atomic E-state index is -0.512. The molecule has 6 aliphatic rings. The number of esters is 1. The number of carbonyl (C=O) groups excluding carboxylic acids is 1. The number of unbranched alkanes of at least 4 members (excludes halogenated alkanes) is 1. The summed E-state index contributed by atoms with van der Waals surface area (Å²) in [4.78, 5) is 20.9. The Morgan fingerprint density at radius 2 is 1.84 bits per heavy atom. The second kappa shape index (κ2) is 9.43. The molecule has 6 nitrogen and oxygen atoms in total. The number of aliphatic hydroxyl groups is 1. The van der Waals surface area contributed by atoms with Crippen LogP contribution in [0.25, 0.3) is 0 Å². The van der Waals surface area contributed by atoms with Crippen LogP contribution < -0.4 is 5.32 Å². The Morgan fingerprint density at radius 3 is 2.57 bits per heavy atom. The van der Waals surface area contributed by atoms with Crippen molar-refractivity contribution in [2.45, 2.75) is 146 Å². The number of nitrogens with zero attached hydrogens (tertiary/aromatic N) is 2. The molecule has 3 aliphatic heterocycles. The van der Waals surface area contributed by atoms with Crippen molar-refractivity contribution in [1.29, 1.82) is 0 Å². The zero-order valence-corrected chi connectivity index (χ0v) is 23.3. The van der Waals surface area contributed by atoms with E-state index in [1.807, 2.05) is 6.92 Å². The topological polar surface area (TPSA) is 74.2 Å². The number of nitrogens with one attached hydrogen (secondary N) is 1. The number of ether oxygens (including phenoxy) is 1. The molecule has 4 unspecified atom stereocenters. The maximum Gasteiger partial charge on any atom is 0.338 e. The van der Waals surface area contributed by atoms with E-state index >= 15 is 0 Å². The van der Waals surface area contributed by atoms with Gasteiger partial charge in [-0.3, -0.25) is 5.32 Å². The van der Waals surface area contributed by atoms with Gasteiger partial charge in [-0.05, 0) is 70.8 Å². The van der Waals surface area contributed by atoms with Crippen molar-refractivity contribution in [1.82, 2.24) is 10.2 Å². The highest BCUT2D eigenvalue weighted by atomic mass is 16.6. The summed E-state index contributed by atoms with van der Waals surface area (Å²) in [5.41, 5.74) is 1.99. The molecule has 0 aromatic rings. The van der Waals surface area contributed by atoms with E-state index in [1.165, 1.54) is 63.5 Å². The summed E-state index contributed by atoms with van der Waals surface area (Å²) in [5, 5.41) is 15.2. The van der Waals surface area contributed by atoms with Gasteiger partial charge in [0.2, 0.25) is 0 Å². The molecule has 1 saturated heterocycles. The van der Waals surface area contributed by atoms with E-state index < -0.39 is 11.4 Å². The van der Waals surface area contributed by atoms with Gasteiger partial charge in [-0.2, -0.15) is 0 Å². The second-order valence-corrected chi connectivity index (χ2v) is 13.4. The van der Waals surface area contributed by atoms with Crippen molar-refractivity contribution in [2.24, 2.45) is 16.8 Å². The summed E-state index contributed by atoms with van der Waals surface area (Å²) in [6.07, 6.45) is 20.2. The van der Waals surface area contributed by atoms with Gasteiger partial charge < -0.3 is 14.7 Å². The fourth-order valence-electron chi connectivity index (χ4n) is 8.88. The monoisotopic (exact) mass is 509 g/mol. The Labute approximate surface area is 223 Å². The summed E-state index contributed by atoms with van der Waals surface area (Å²) < 4.78 is 6.45. The van der Waals surface area contributed by atoms with Crippen LogP contribution in [0.1, 0.15) is 124 Å². The summed E-state index contributed by atoms with van der Waals surface area (Å²) >= 11 is 0. The van der Waals surface area contributed by atoms with Gasteiger partial charge in [-0.1, -0.05) is 57.8 Å². The van der Waals surface area contributed by atoms with Gasteiger partial charge in [-0.25, -0.2) is 9.79 Å². The van der Waals surface area contributed by atoms with Gasteiger partial charge in [0, 0.05) is 29.8 Å². The first-order valence-corrected chi connectivity index (χ1v) is 15.2. The standard InChI is InChI=1S/C31H47N3O3/c1-21-17-22(2)34-27-20-30(27,33-29(34,3)32-21)18-25-26(35)19-31(37-28(25)36,24-14-7-8-15-24)16-10-9-13-23-11-5-4-6-12-23/h17,23-24,27,33,35H,4-16,18-20H2,1-3H3. The molecule has 0 aromatic heterocycles. The van der Waals surface area contributed by atoms with Gasteiger partial charge in [-0.15, -0.1) is 0 Å². The highest BCUT2D eigenvalue weighted by molar-refractivity contribution is 5.94. The van der Waals surface area contributed by atoms with Crippen LogP contribution in [0.15, 0.2) is 28.1 Å². The van der Waals surface area contributed by atoms with Crippen LogP contribution in [0.3, 0.4) is 0 Å². The van der Waals surface area contributed by atoms with Crippen molar-refractivity contribution in [2.75, 3.05) is 0 Å². The van der Waals surface area contributed by atoms with E-state index in [0.717, 1.165) is 43.7 Å². The molecule has 0 amide bonds. The van der Waals surface area contributed by atoms with Crippen LogP contribution in [0.5, 0.6) is 0 Å². The second-order valence-electron chi connectivity index (χ2n) is 13.4. The van der Waals surface area contributed by atoms with Gasteiger partial charge in [0.1, 0.15) is 11.4 Å². The Morgan fingerprint density at radius 1 is 1.11 bits per heavy atom. The molecule has 3 aliphatic carbocycles. The van der Waals surface area contributed by atoms with E-state index in [9.17, 15) is 9.90 Å². The molecule has 0 aromatic carbocycles. The maximum atomic E-state index is 13.6. The summed E-state index contributed by atoms with van der Waals surface area (Å²) in [5.74, 6) is 0.810. The number of aliphatic hydroxyl groups excluding tert-OH is 1. The van der Waals surface area contributed by atoms with E-state index in [4.69, 9.17) is 9.73 Å². The van der Waals surface area contributed by atoms with Crippen LogP contribution in [-0.2, 0) is 9.53 Å². The molecule has 3 saturated carbocycles. The van der Waals surface area contributed by atoms with E-state index in [0.29, 0.717) is 36.1 Å². The Hall–Kier alpha value is -1.82. The fraction of sp³-hybridized carbons (Fsp3) is 0.806. The molecule has 2 N–H and O–H groups in total. The maximum absolute atomic E-state index is 13.6. The smallest absolute Gasteiger partial charge is 0.338 e. The summed E-state index contributed by atoms with van der Waals surface area (Å²) in [6, 6.07) is 0.292. The van der Waals surface area contributed by atoms with Crippen LogP contribution in [0, 0.1) is 11.8 Å². The number of aliphatic imine (C=N–C) groups is 1. The van der Waals surface area contributed by atoms with Crippen molar-refractivity contribution in [3.63, 3.8) is 0 Å². The van der Waals surface area contributed by atoms with Crippen molar-refractivity contribution in [3.8, 4) is 0 Å². The van der Waals surface area contributed by atoms with Crippen LogP contribution in [-0.4, -0.2) is 44.7 Å². The molecule has 4 atom stereocenters. The SMILES string of the molecule is CC1=CC(C)=NC2(C)NC3(CC4=C(O)CC(CCCCC5CCCCC5)(C5CCCC5)OC4=O)CC3N12. The number of carbonyl (C=O) groups is 1. The molecule has 0 radical (unpaired) electrons. The number of hydrogen-bond donors (Lipinski definition) is 2. The van der Waals surface area contributed by atoms with E-state index in [2.05, 4.69) is 30.1 Å². The van der Waals surface area contributed by atoms with E-state index in [-0.39, 0.29) is 11.5 Å². The lowest BCUT2D eigenvalue weighted by Crippen LogP contribution is -2.53. The molecule has 37 heavy (non-hydrogen) atoms. The number of cyclic esters (lactones) is 1. The highest BCUT2D eigenvalue weighted by Crippen LogP contribution is 2.57. The molecule has 0 spiro atoms. The minimum absolute atomic E-state index is 0.229. The lowest BCUT2D eigenvalue weighted by atomic mass is 9.76.